The van der Waals surface area contributed by atoms with E-state index in [1.165, 1.54) is 0 Å². The summed E-state index contributed by atoms with van der Waals surface area (Å²) in [6, 6.07) is 0.424. The summed E-state index contributed by atoms with van der Waals surface area (Å²) in [5.74, 6) is 1.45. The van der Waals surface area contributed by atoms with Gasteiger partial charge in [-0.15, -0.1) is 0 Å². The predicted molar refractivity (Wildman–Crippen MR) is 109 cm³/mol. The van der Waals surface area contributed by atoms with Crippen molar-refractivity contribution in [1.82, 2.24) is 19.9 Å². The van der Waals surface area contributed by atoms with E-state index in [2.05, 4.69) is 28.8 Å². The lowest BCUT2D eigenvalue weighted by atomic mass is 9.79. The molecule has 0 spiro atoms. The van der Waals surface area contributed by atoms with E-state index in [9.17, 15) is 9.59 Å². The van der Waals surface area contributed by atoms with Crippen LogP contribution >= 0.6 is 0 Å². The van der Waals surface area contributed by atoms with Crippen LogP contribution in [-0.2, 0) is 16.0 Å². The fourth-order valence-electron chi connectivity index (χ4n) is 5.47. The second kappa shape index (κ2) is 7.74. The van der Waals surface area contributed by atoms with Crippen molar-refractivity contribution in [1.29, 1.82) is 0 Å². The molecule has 3 saturated heterocycles. The average molecular weight is 403 g/mol. The molecule has 4 heterocycles. The van der Waals surface area contributed by atoms with Gasteiger partial charge in [-0.3, -0.25) is 14.5 Å². The van der Waals surface area contributed by atoms with Gasteiger partial charge in [-0.1, -0.05) is 5.16 Å². The van der Waals surface area contributed by atoms with Crippen LogP contribution < -0.4 is 0 Å². The number of rotatable bonds is 5. The van der Waals surface area contributed by atoms with Crippen LogP contribution in [0.15, 0.2) is 4.52 Å². The van der Waals surface area contributed by atoms with Gasteiger partial charge in [0.1, 0.15) is 5.76 Å². The summed E-state index contributed by atoms with van der Waals surface area (Å²) in [7, 11) is 0. The highest BCUT2D eigenvalue weighted by atomic mass is 16.5. The molecular weight excluding hydrogens is 368 g/mol. The molecule has 4 rings (SSSR count). The van der Waals surface area contributed by atoms with Crippen molar-refractivity contribution in [2.45, 2.75) is 59.4 Å². The van der Waals surface area contributed by atoms with Gasteiger partial charge < -0.3 is 14.3 Å². The third-order valence-corrected chi connectivity index (χ3v) is 7.31. The number of likely N-dealkylation sites (tertiary alicyclic amines) is 3. The predicted octanol–water partition coefficient (Wildman–Crippen LogP) is 2.02. The zero-order chi connectivity index (χ0) is 20.8. The molecule has 0 radical (unpaired) electrons. The lowest BCUT2D eigenvalue weighted by Gasteiger charge is -2.33. The van der Waals surface area contributed by atoms with Gasteiger partial charge in [-0.2, -0.15) is 0 Å². The van der Waals surface area contributed by atoms with Gasteiger partial charge >= 0.3 is 0 Å². The Labute approximate surface area is 173 Å². The summed E-state index contributed by atoms with van der Waals surface area (Å²) in [5, 5.41) is 3.99. The minimum atomic E-state index is -0.423. The van der Waals surface area contributed by atoms with Crippen molar-refractivity contribution in [2.24, 2.45) is 11.3 Å². The summed E-state index contributed by atoms with van der Waals surface area (Å²) in [5.41, 5.74) is 1.47. The smallest absolute Gasteiger partial charge is 0.232 e. The topological polar surface area (TPSA) is 69.9 Å². The van der Waals surface area contributed by atoms with Crippen LogP contribution in [0.2, 0.25) is 0 Å². The first-order valence-corrected chi connectivity index (χ1v) is 11.0. The first-order chi connectivity index (χ1) is 13.8. The molecule has 0 saturated carbocycles. The zero-order valence-corrected chi connectivity index (χ0v) is 18.2. The van der Waals surface area contributed by atoms with Gasteiger partial charge in [-0.25, -0.2) is 0 Å². The van der Waals surface area contributed by atoms with E-state index < -0.39 is 5.41 Å². The SMILES string of the molecule is Cc1noc(C)c1CCC(=O)N1C[C@@H]2CN(C(C)C)C[C@]2(C(=O)N2CCCC2)C1. The number of carbonyl (C=O) groups excluding carboxylic acids is 2. The molecule has 3 aliphatic rings. The molecule has 1 aromatic rings. The minimum Gasteiger partial charge on any atom is -0.361 e. The van der Waals surface area contributed by atoms with E-state index in [1.54, 1.807) is 0 Å². The van der Waals surface area contributed by atoms with Crippen LogP contribution in [0.5, 0.6) is 0 Å². The molecule has 0 aromatic carbocycles. The first kappa shape index (κ1) is 20.4. The van der Waals surface area contributed by atoms with Crippen molar-refractivity contribution in [3.05, 3.63) is 17.0 Å². The molecule has 3 aliphatic heterocycles. The Balaban J connectivity index is 1.47. The largest absolute Gasteiger partial charge is 0.361 e. The average Bonchev–Trinajstić information content (AvgIpc) is 3.43. The second-order valence-electron chi connectivity index (χ2n) is 9.45. The van der Waals surface area contributed by atoms with Gasteiger partial charge in [0.2, 0.25) is 11.8 Å². The Morgan fingerprint density at radius 3 is 2.48 bits per heavy atom. The molecule has 160 valence electrons. The fraction of sp³-hybridized carbons (Fsp3) is 0.773. The lowest BCUT2D eigenvalue weighted by Crippen LogP contribution is -2.49. The van der Waals surface area contributed by atoms with Crippen LogP contribution in [0, 0.1) is 25.2 Å². The van der Waals surface area contributed by atoms with Crippen molar-refractivity contribution >= 4 is 11.8 Å². The van der Waals surface area contributed by atoms with Crippen molar-refractivity contribution in [2.75, 3.05) is 39.3 Å². The number of aryl methyl sites for hydroxylation is 2. The minimum absolute atomic E-state index is 0.143. The number of hydrogen-bond donors (Lipinski definition) is 0. The van der Waals surface area contributed by atoms with E-state index in [0.717, 1.165) is 56.0 Å². The van der Waals surface area contributed by atoms with Gasteiger partial charge in [0.25, 0.3) is 0 Å². The van der Waals surface area contributed by atoms with E-state index in [-0.39, 0.29) is 17.7 Å². The summed E-state index contributed by atoms with van der Waals surface area (Å²) in [4.78, 5) is 33.0. The van der Waals surface area contributed by atoms with Crippen molar-refractivity contribution in [3.8, 4) is 0 Å². The molecule has 0 bridgehead atoms. The van der Waals surface area contributed by atoms with Crippen molar-refractivity contribution in [3.63, 3.8) is 0 Å². The Bertz CT molecular complexity index is 764. The number of nitrogens with zero attached hydrogens (tertiary/aromatic N) is 4. The molecule has 2 atom stereocenters. The number of amides is 2. The maximum Gasteiger partial charge on any atom is 0.232 e. The van der Waals surface area contributed by atoms with Crippen molar-refractivity contribution < 1.29 is 14.1 Å². The van der Waals surface area contributed by atoms with Gasteiger partial charge in [0, 0.05) is 63.2 Å². The molecular formula is C22H34N4O3. The quantitative estimate of drug-likeness (QED) is 0.754. The normalized spacial score (nSPS) is 27.3. The molecule has 2 amide bonds. The van der Waals surface area contributed by atoms with Gasteiger partial charge in [0.05, 0.1) is 11.1 Å². The Hall–Kier alpha value is -1.89. The van der Waals surface area contributed by atoms with Crippen LogP contribution in [0.25, 0.3) is 0 Å². The third-order valence-electron chi connectivity index (χ3n) is 7.31. The van der Waals surface area contributed by atoms with Crippen LogP contribution in [0.1, 0.15) is 50.1 Å². The fourth-order valence-corrected chi connectivity index (χ4v) is 5.47. The van der Waals surface area contributed by atoms with E-state index in [4.69, 9.17) is 4.52 Å². The highest BCUT2D eigenvalue weighted by molar-refractivity contribution is 5.87. The monoisotopic (exact) mass is 402 g/mol. The van der Waals surface area contributed by atoms with Crippen LogP contribution in [0.3, 0.4) is 0 Å². The second-order valence-corrected chi connectivity index (χ2v) is 9.45. The highest BCUT2D eigenvalue weighted by Gasteiger charge is 2.59. The van der Waals surface area contributed by atoms with E-state index >= 15 is 0 Å². The number of aromatic nitrogens is 1. The summed E-state index contributed by atoms with van der Waals surface area (Å²) in [6.07, 6.45) is 3.28. The van der Waals surface area contributed by atoms with Crippen LogP contribution in [0.4, 0.5) is 0 Å². The summed E-state index contributed by atoms with van der Waals surface area (Å²) in [6.45, 7) is 12.9. The Morgan fingerprint density at radius 1 is 1.14 bits per heavy atom. The Morgan fingerprint density at radius 2 is 1.86 bits per heavy atom. The maximum absolute atomic E-state index is 13.6. The Kier molecular flexibility index (Phi) is 5.44. The van der Waals surface area contributed by atoms with E-state index in [0.29, 0.717) is 32.0 Å². The van der Waals surface area contributed by atoms with Crippen LogP contribution in [-0.4, -0.2) is 77.0 Å². The molecule has 7 heteroatoms. The zero-order valence-electron chi connectivity index (χ0n) is 18.2. The third kappa shape index (κ3) is 3.58. The first-order valence-electron chi connectivity index (χ1n) is 11.0. The van der Waals surface area contributed by atoms with E-state index in [1.807, 2.05) is 18.7 Å². The highest BCUT2D eigenvalue weighted by Crippen LogP contribution is 2.45. The number of fused-ring (bicyclic) bond motifs is 1. The molecule has 0 unspecified atom stereocenters. The standard InChI is InChI=1S/C22H34N4O3/c1-15(2)25-11-18-12-26(20(27)8-7-19-16(3)23-29-17(19)4)14-22(18,13-25)21(28)24-9-5-6-10-24/h15,18H,5-14H2,1-4H3/t18-,22-/m0/s1. The lowest BCUT2D eigenvalue weighted by molar-refractivity contribution is -0.141. The molecule has 0 aliphatic carbocycles. The number of carbonyl (C=O) groups is 2. The molecule has 0 N–H and O–H groups in total. The van der Waals surface area contributed by atoms with Gasteiger partial charge in [-0.05, 0) is 47.0 Å². The summed E-state index contributed by atoms with van der Waals surface area (Å²) < 4.78 is 5.22. The number of hydrogen-bond acceptors (Lipinski definition) is 5. The van der Waals surface area contributed by atoms with Gasteiger partial charge in [0.15, 0.2) is 0 Å². The molecule has 3 fully saturated rings. The maximum atomic E-state index is 13.6. The molecule has 29 heavy (non-hydrogen) atoms. The molecule has 1 aromatic heterocycles. The molecule has 7 nitrogen and oxygen atoms in total. The summed E-state index contributed by atoms with van der Waals surface area (Å²) >= 11 is 0.